The summed E-state index contributed by atoms with van der Waals surface area (Å²) in [5.41, 5.74) is 1.58. The largest absolute Gasteiger partial charge is 0.391 e. The average Bonchev–Trinajstić information content (AvgIpc) is 3.31. The predicted octanol–water partition coefficient (Wildman–Crippen LogP) is 0.584. The molecule has 1 aliphatic rings. The normalized spacial score (nSPS) is 23.2. The molecule has 2 N–H and O–H groups in total. The lowest BCUT2D eigenvalue weighted by Crippen LogP contribution is -2.41. The van der Waals surface area contributed by atoms with Crippen molar-refractivity contribution in [1.82, 2.24) is 29.9 Å². The smallest absolute Gasteiger partial charge is 0.242 e. The number of benzene rings is 1. The van der Waals surface area contributed by atoms with Crippen molar-refractivity contribution >= 4 is 16.9 Å². The number of carbonyl (C=O) groups excluding carboxylic acids is 1. The third-order valence-electron chi connectivity index (χ3n) is 4.71. The number of aliphatic hydroxyl groups excluding tert-OH is 1. The van der Waals surface area contributed by atoms with Crippen LogP contribution in [0, 0.1) is 5.92 Å². The van der Waals surface area contributed by atoms with Crippen molar-refractivity contribution in [3.05, 3.63) is 43.0 Å². The molecule has 8 heteroatoms. The van der Waals surface area contributed by atoms with Gasteiger partial charge in [-0.05, 0) is 30.9 Å². The number of nitrogens with one attached hydrogen (secondary N) is 1. The number of para-hydroxylation sites is 1. The van der Waals surface area contributed by atoms with Crippen LogP contribution >= 0.6 is 0 Å². The third kappa shape index (κ3) is 3.39. The molecule has 1 fully saturated rings. The lowest BCUT2D eigenvalue weighted by molar-refractivity contribution is -0.123. The average molecular weight is 340 g/mol. The molecule has 2 aromatic heterocycles. The number of hydrogen-bond donors (Lipinski definition) is 2. The standard InChI is InChI=1S/C17H20N6O2/c24-16-8-12(9-22-6-5-18-11-22)7-14(16)19-17(25)10-23-15-4-2-1-3-13(15)20-21-23/h1-6,11-12,14,16,24H,7-10H2,(H,19,25)/t12?,14-,16-/m1/s1. The lowest BCUT2D eigenvalue weighted by atomic mass is 10.1. The van der Waals surface area contributed by atoms with E-state index in [-0.39, 0.29) is 18.5 Å². The van der Waals surface area contributed by atoms with Gasteiger partial charge in [0.2, 0.25) is 5.91 Å². The van der Waals surface area contributed by atoms with Crippen LogP contribution in [0.1, 0.15) is 12.8 Å². The van der Waals surface area contributed by atoms with Crippen LogP contribution in [-0.4, -0.2) is 47.7 Å². The highest BCUT2D eigenvalue weighted by Crippen LogP contribution is 2.27. The molecule has 0 aliphatic heterocycles. The van der Waals surface area contributed by atoms with Crippen LogP contribution in [-0.2, 0) is 17.9 Å². The Balaban J connectivity index is 1.36. The number of fused-ring (bicyclic) bond motifs is 1. The Labute approximate surface area is 144 Å². The van der Waals surface area contributed by atoms with Gasteiger partial charge < -0.3 is 15.0 Å². The van der Waals surface area contributed by atoms with E-state index in [1.165, 1.54) is 0 Å². The van der Waals surface area contributed by atoms with Gasteiger partial charge in [0.05, 0.1) is 24.0 Å². The Morgan fingerprint density at radius 3 is 3.04 bits per heavy atom. The zero-order valence-corrected chi connectivity index (χ0v) is 13.7. The summed E-state index contributed by atoms with van der Waals surface area (Å²) in [4.78, 5) is 16.4. The van der Waals surface area contributed by atoms with Gasteiger partial charge in [0.15, 0.2) is 0 Å². The van der Waals surface area contributed by atoms with Gasteiger partial charge in [-0.25, -0.2) is 9.67 Å². The molecule has 1 unspecified atom stereocenters. The number of carbonyl (C=O) groups is 1. The van der Waals surface area contributed by atoms with E-state index in [2.05, 4.69) is 20.6 Å². The maximum absolute atomic E-state index is 12.4. The summed E-state index contributed by atoms with van der Waals surface area (Å²) in [6.45, 7) is 0.896. The molecule has 8 nitrogen and oxygen atoms in total. The maximum atomic E-state index is 12.4. The summed E-state index contributed by atoms with van der Waals surface area (Å²) in [5.74, 6) is 0.157. The molecule has 3 aromatic rings. The fraction of sp³-hybridized carbons (Fsp3) is 0.412. The Hall–Kier alpha value is -2.74. The van der Waals surface area contributed by atoms with Gasteiger partial charge in [-0.2, -0.15) is 0 Å². The highest BCUT2D eigenvalue weighted by molar-refractivity contribution is 5.79. The van der Waals surface area contributed by atoms with Gasteiger partial charge in [-0.1, -0.05) is 17.3 Å². The van der Waals surface area contributed by atoms with E-state index in [9.17, 15) is 9.90 Å². The molecule has 4 rings (SSSR count). The fourth-order valence-electron chi connectivity index (χ4n) is 3.54. The van der Waals surface area contributed by atoms with E-state index in [0.29, 0.717) is 12.3 Å². The van der Waals surface area contributed by atoms with E-state index < -0.39 is 6.10 Å². The van der Waals surface area contributed by atoms with E-state index in [4.69, 9.17) is 0 Å². The van der Waals surface area contributed by atoms with Crippen LogP contribution in [0.3, 0.4) is 0 Å². The van der Waals surface area contributed by atoms with Gasteiger partial charge in [0.25, 0.3) is 0 Å². The molecule has 0 bridgehead atoms. The minimum Gasteiger partial charge on any atom is -0.391 e. The number of imidazole rings is 1. The van der Waals surface area contributed by atoms with E-state index >= 15 is 0 Å². The van der Waals surface area contributed by atoms with Crippen molar-refractivity contribution in [1.29, 1.82) is 0 Å². The Kier molecular flexibility index (Phi) is 4.19. The summed E-state index contributed by atoms with van der Waals surface area (Å²) >= 11 is 0. The summed E-state index contributed by atoms with van der Waals surface area (Å²) in [6.07, 6.45) is 6.33. The van der Waals surface area contributed by atoms with E-state index in [1.807, 2.05) is 35.0 Å². The van der Waals surface area contributed by atoms with Crippen LogP contribution in [0.25, 0.3) is 11.0 Å². The zero-order valence-electron chi connectivity index (χ0n) is 13.7. The molecule has 1 aromatic carbocycles. The number of nitrogens with zero attached hydrogens (tertiary/aromatic N) is 5. The molecule has 2 heterocycles. The molecule has 3 atom stereocenters. The first-order valence-electron chi connectivity index (χ1n) is 8.40. The van der Waals surface area contributed by atoms with Gasteiger partial charge >= 0.3 is 0 Å². The monoisotopic (exact) mass is 340 g/mol. The van der Waals surface area contributed by atoms with Crippen molar-refractivity contribution in [2.45, 2.75) is 38.1 Å². The van der Waals surface area contributed by atoms with Crippen LogP contribution in [0.5, 0.6) is 0 Å². The first-order valence-corrected chi connectivity index (χ1v) is 8.40. The van der Waals surface area contributed by atoms with Crippen molar-refractivity contribution in [2.24, 2.45) is 5.92 Å². The number of aliphatic hydroxyl groups is 1. The number of rotatable bonds is 5. The van der Waals surface area contributed by atoms with Gasteiger partial charge in [-0.15, -0.1) is 5.10 Å². The second-order valence-corrected chi connectivity index (χ2v) is 6.57. The first kappa shape index (κ1) is 15.8. The molecule has 0 radical (unpaired) electrons. The van der Waals surface area contributed by atoms with Crippen LogP contribution in [0.15, 0.2) is 43.0 Å². The molecule has 25 heavy (non-hydrogen) atoms. The minimum absolute atomic E-state index is 0.0932. The van der Waals surface area contributed by atoms with Crippen molar-refractivity contribution < 1.29 is 9.90 Å². The van der Waals surface area contributed by atoms with Gasteiger partial charge in [0, 0.05) is 18.9 Å². The topological polar surface area (TPSA) is 97.9 Å². The molecular weight excluding hydrogens is 320 g/mol. The molecule has 1 aliphatic carbocycles. The third-order valence-corrected chi connectivity index (χ3v) is 4.71. The van der Waals surface area contributed by atoms with E-state index in [0.717, 1.165) is 24.0 Å². The lowest BCUT2D eigenvalue weighted by Gasteiger charge is -2.16. The molecule has 0 saturated heterocycles. The van der Waals surface area contributed by atoms with Crippen molar-refractivity contribution in [2.75, 3.05) is 0 Å². The maximum Gasteiger partial charge on any atom is 0.242 e. The molecule has 0 spiro atoms. The highest BCUT2D eigenvalue weighted by atomic mass is 16.3. The molecule has 130 valence electrons. The summed E-state index contributed by atoms with van der Waals surface area (Å²) in [6, 6.07) is 7.29. The highest BCUT2D eigenvalue weighted by Gasteiger charge is 2.34. The molecule has 1 saturated carbocycles. The first-order chi connectivity index (χ1) is 12.2. The molecule has 1 amide bonds. The van der Waals surface area contributed by atoms with Gasteiger partial charge in [-0.3, -0.25) is 4.79 Å². The van der Waals surface area contributed by atoms with Crippen molar-refractivity contribution in [3.8, 4) is 0 Å². The predicted molar refractivity (Wildman–Crippen MR) is 90.4 cm³/mol. The second kappa shape index (κ2) is 6.64. The van der Waals surface area contributed by atoms with E-state index in [1.54, 1.807) is 17.2 Å². The SMILES string of the molecule is O=C(Cn1nnc2ccccc21)N[C@@H]1CC(Cn2ccnc2)C[C@H]1O. The second-order valence-electron chi connectivity index (χ2n) is 6.57. The zero-order chi connectivity index (χ0) is 17.2. The van der Waals surface area contributed by atoms with Crippen LogP contribution < -0.4 is 5.32 Å². The Morgan fingerprint density at radius 2 is 2.20 bits per heavy atom. The number of hydrogen-bond acceptors (Lipinski definition) is 5. The fourth-order valence-corrected chi connectivity index (χ4v) is 3.54. The van der Waals surface area contributed by atoms with Gasteiger partial charge in [0.1, 0.15) is 12.1 Å². The quantitative estimate of drug-likeness (QED) is 0.708. The summed E-state index contributed by atoms with van der Waals surface area (Å²) in [7, 11) is 0. The minimum atomic E-state index is -0.523. The number of amides is 1. The van der Waals surface area contributed by atoms with Crippen LogP contribution in [0.4, 0.5) is 0 Å². The number of aromatic nitrogens is 5. The molecular formula is C17H20N6O2. The summed E-state index contributed by atoms with van der Waals surface area (Å²) in [5, 5.41) is 21.3. The Morgan fingerprint density at radius 1 is 1.32 bits per heavy atom. The van der Waals surface area contributed by atoms with Crippen molar-refractivity contribution in [3.63, 3.8) is 0 Å². The van der Waals surface area contributed by atoms with Crippen LogP contribution in [0.2, 0.25) is 0 Å². The Bertz CT molecular complexity index is 859. The summed E-state index contributed by atoms with van der Waals surface area (Å²) < 4.78 is 3.58.